The number of rotatable bonds is 8. The van der Waals surface area contributed by atoms with Crippen molar-refractivity contribution < 1.29 is 19.0 Å². The first-order chi connectivity index (χ1) is 11.2. The van der Waals surface area contributed by atoms with Crippen LogP contribution in [0.4, 0.5) is 0 Å². The van der Waals surface area contributed by atoms with E-state index in [-0.39, 0.29) is 11.8 Å². The number of carbonyl (C=O) groups is 1. The SMILES string of the molecule is COCCOc1ccccc1CNC(=O)C(N)C1CCOCC1. The highest BCUT2D eigenvalue weighted by atomic mass is 16.5. The molecule has 1 saturated heterocycles. The highest BCUT2D eigenvalue weighted by molar-refractivity contribution is 5.81. The molecule has 1 atom stereocenters. The molecule has 1 aliphatic heterocycles. The van der Waals surface area contributed by atoms with Crippen LogP contribution in [0.15, 0.2) is 24.3 Å². The smallest absolute Gasteiger partial charge is 0.237 e. The Bertz CT molecular complexity index is 489. The van der Waals surface area contributed by atoms with Gasteiger partial charge >= 0.3 is 0 Å². The molecule has 6 nitrogen and oxygen atoms in total. The highest BCUT2D eigenvalue weighted by Gasteiger charge is 2.26. The number of nitrogens with one attached hydrogen (secondary N) is 1. The van der Waals surface area contributed by atoms with E-state index in [0.29, 0.717) is 33.0 Å². The number of ether oxygens (including phenoxy) is 3. The maximum absolute atomic E-state index is 12.2. The van der Waals surface area contributed by atoms with E-state index in [9.17, 15) is 4.79 Å². The number of para-hydroxylation sites is 1. The summed E-state index contributed by atoms with van der Waals surface area (Å²) in [6.07, 6.45) is 1.68. The molecule has 23 heavy (non-hydrogen) atoms. The average Bonchev–Trinajstić information content (AvgIpc) is 2.61. The number of hydrogen-bond donors (Lipinski definition) is 2. The van der Waals surface area contributed by atoms with E-state index in [1.165, 1.54) is 0 Å². The Hall–Kier alpha value is -1.63. The van der Waals surface area contributed by atoms with Gasteiger partial charge in [0.2, 0.25) is 5.91 Å². The van der Waals surface area contributed by atoms with Gasteiger partial charge in [-0.05, 0) is 24.8 Å². The monoisotopic (exact) mass is 322 g/mol. The lowest BCUT2D eigenvalue weighted by molar-refractivity contribution is -0.124. The minimum absolute atomic E-state index is 0.122. The van der Waals surface area contributed by atoms with Crippen molar-refractivity contribution >= 4 is 5.91 Å². The van der Waals surface area contributed by atoms with Crippen molar-refractivity contribution in [1.29, 1.82) is 0 Å². The second kappa shape index (κ2) is 9.50. The van der Waals surface area contributed by atoms with Crippen LogP contribution in [0.5, 0.6) is 5.75 Å². The fourth-order valence-corrected chi connectivity index (χ4v) is 2.61. The van der Waals surface area contributed by atoms with E-state index in [0.717, 1.165) is 24.2 Å². The molecular weight excluding hydrogens is 296 g/mol. The summed E-state index contributed by atoms with van der Waals surface area (Å²) < 4.78 is 15.9. The van der Waals surface area contributed by atoms with Crippen LogP contribution in [0.1, 0.15) is 18.4 Å². The summed E-state index contributed by atoms with van der Waals surface area (Å²) in [6, 6.07) is 7.16. The fraction of sp³-hybridized carbons (Fsp3) is 0.588. The molecule has 0 radical (unpaired) electrons. The average molecular weight is 322 g/mol. The molecule has 128 valence electrons. The third-order valence-corrected chi connectivity index (χ3v) is 4.05. The molecule has 0 aliphatic carbocycles. The van der Waals surface area contributed by atoms with Gasteiger partial charge in [0.1, 0.15) is 12.4 Å². The molecule has 0 spiro atoms. The van der Waals surface area contributed by atoms with E-state index >= 15 is 0 Å². The largest absolute Gasteiger partial charge is 0.491 e. The van der Waals surface area contributed by atoms with Crippen LogP contribution in [0.25, 0.3) is 0 Å². The molecule has 1 heterocycles. The zero-order valence-electron chi connectivity index (χ0n) is 13.6. The van der Waals surface area contributed by atoms with Gasteiger partial charge in [0.25, 0.3) is 0 Å². The van der Waals surface area contributed by atoms with Crippen LogP contribution < -0.4 is 15.8 Å². The molecule has 1 aromatic rings. The highest BCUT2D eigenvalue weighted by Crippen LogP contribution is 2.19. The van der Waals surface area contributed by atoms with Gasteiger partial charge in [-0.25, -0.2) is 0 Å². The molecule has 6 heteroatoms. The molecule has 1 aromatic carbocycles. The van der Waals surface area contributed by atoms with Crippen LogP contribution in [-0.4, -0.2) is 45.5 Å². The lowest BCUT2D eigenvalue weighted by Gasteiger charge is -2.26. The normalized spacial score (nSPS) is 16.8. The predicted molar refractivity (Wildman–Crippen MR) is 87.2 cm³/mol. The van der Waals surface area contributed by atoms with Gasteiger partial charge in [0.05, 0.1) is 12.6 Å². The Morgan fingerprint density at radius 3 is 2.83 bits per heavy atom. The first-order valence-corrected chi connectivity index (χ1v) is 8.03. The van der Waals surface area contributed by atoms with Gasteiger partial charge in [0.15, 0.2) is 0 Å². The predicted octanol–water partition coefficient (Wildman–Crippen LogP) is 1.08. The Labute approximate surface area is 137 Å². The van der Waals surface area contributed by atoms with Crippen molar-refractivity contribution in [3.8, 4) is 5.75 Å². The van der Waals surface area contributed by atoms with Crippen molar-refractivity contribution in [2.45, 2.75) is 25.4 Å². The number of hydrogen-bond acceptors (Lipinski definition) is 5. The maximum Gasteiger partial charge on any atom is 0.237 e. The molecule has 2 rings (SSSR count). The summed E-state index contributed by atoms with van der Waals surface area (Å²) >= 11 is 0. The minimum Gasteiger partial charge on any atom is -0.491 e. The van der Waals surface area contributed by atoms with Crippen molar-refractivity contribution in [3.05, 3.63) is 29.8 Å². The second-order valence-electron chi connectivity index (χ2n) is 5.64. The fourth-order valence-electron chi connectivity index (χ4n) is 2.61. The number of methoxy groups -OCH3 is 1. The van der Waals surface area contributed by atoms with Crippen molar-refractivity contribution in [2.24, 2.45) is 11.7 Å². The Balaban J connectivity index is 1.85. The lowest BCUT2D eigenvalue weighted by atomic mass is 9.92. The zero-order valence-corrected chi connectivity index (χ0v) is 13.6. The van der Waals surface area contributed by atoms with Crippen molar-refractivity contribution in [3.63, 3.8) is 0 Å². The van der Waals surface area contributed by atoms with Gasteiger partial charge in [-0.2, -0.15) is 0 Å². The summed E-state index contributed by atoms with van der Waals surface area (Å²) in [4.78, 5) is 12.2. The quantitative estimate of drug-likeness (QED) is 0.700. The topological polar surface area (TPSA) is 82.8 Å². The van der Waals surface area contributed by atoms with Crippen LogP contribution in [-0.2, 0) is 20.8 Å². The van der Waals surface area contributed by atoms with Crippen molar-refractivity contribution in [1.82, 2.24) is 5.32 Å². The van der Waals surface area contributed by atoms with E-state index in [1.807, 2.05) is 24.3 Å². The lowest BCUT2D eigenvalue weighted by Crippen LogP contribution is -2.46. The van der Waals surface area contributed by atoms with E-state index in [4.69, 9.17) is 19.9 Å². The van der Waals surface area contributed by atoms with Crippen LogP contribution in [0.2, 0.25) is 0 Å². The molecule has 0 aromatic heterocycles. The number of benzene rings is 1. The standard InChI is InChI=1S/C17H26N2O4/c1-21-10-11-23-15-5-3-2-4-14(15)12-19-17(20)16(18)13-6-8-22-9-7-13/h2-5,13,16H,6-12,18H2,1H3,(H,19,20). The first kappa shape index (κ1) is 17.7. The van der Waals surface area contributed by atoms with Gasteiger partial charge in [-0.3, -0.25) is 4.79 Å². The molecule has 0 bridgehead atoms. The van der Waals surface area contributed by atoms with Gasteiger partial charge in [-0.15, -0.1) is 0 Å². The summed E-state index contributed by atoms with van der Waals surface area (Å²) in [5, 5.41) is 2.91. The Morgan fingerprint density at radius 2 is 2.09 bits per heavy atom. The van der Waals surface area contributed by atoms with Crippen LogP contribution >= 0.6 is 0 Å². The maximum atomic E-state index is 12.2. The summed E-state index contributed by atoms with van der Waals surface area (Å²) in [6.45, 7) is 2.76. The number of amides is 1. The Morgan fingerprint density at radius 1 is 1.35 bits per heavy atom. The van der Waals surface area contributed by atoms with Gasteiger partial charge in [-0.1, -0.05) is 18.2 Å². The third-order valence-electron chi connectivity index (χ3n) is 4.05. The summed E-state index contributed by atoms with van der Waals surface area (Å²) in [5.41, 5.74) is 7.00. The molecular formula is C17H26N2O4. The van der Waals surface area contributed by atoms with Crippen molar-refractivity contribution in [2.75, 3.05) is 33.5 Å². The van der Waals surface area contributed by atoms with E-state index in [2.05, 4.69) is 5.32 Å². The number of nitrogens with two attached hydrogens (primary N) is 1. The van der Waals surface area contributed by atoms with E-state index in [1.54, 1.807) is 7.11 Å². The molecule has 1 fully saturated rings. The van der Waals surface area contributed by atoms with Crippen LogP contribution in [0, 0.1) is 5.92 Å². The zero-order chi connectivity index (χ0) is 16.5. The van der Waals surface area contributed by atoms with Crippen LogP contribution in [0.3, 0.4) is 0 Å². The van der Waals surface area contributed by atoms with Gasteiger partial charge < -0.3 is 25.3 Å². The molecule has 1 amide bonds. The Kier molecular flexibility index (Phi) is 7.32. The first-order valence-electron chi connectivity index (χ1n) is 8.03. The molecule has 1 unspecified atom stereocenters. The number of carbonyl (C=O) groups excluding carboxylic acids is 1. The second-order valence-corrected chi connectivity index (χ2v) is 5.64. The summed E-state index contributed by atoms with van der Waals surface area (Å²) in [5.74, 6) is 0.824. The summed E-state index contributed by atoms with van der Waals surface area (Å²) in [7, 11) is 1.63. The van der Waals surface area contributed by atoms with E-state index < -0.39 is 6.04 Å². The minimum atomic E-state index is -0.486. The molecule has 0 saturated carbocycles. The molecule has 1 aliphatic rings. The molecule has 3 N–H and O–H groups in total. The van der Waals surface area contributed by atoms with Gasteiger partial charge in [0, 0.05) is 32.4 Å². The third kappa shape index (κ3) is 5.49.